The zero-order chi connectivity index (χ0) is 15.5. The summed E-state index contributed by atoms with van der Waals surface area (Å²) in [6, 6.07) is 8.09. The number of amides is 2. The number of nitrogens with zero attached hydrogens (tertiary/aromatic N) is 3. The van der Waals surface area contributed by atoms with E-state index in [9.17, 15) is 9.59 Å². The van der Waals surface area contributed by atoms with Crippen LogP contribution in [0.3, 0.4) is 0 Å². The predicted octanol–water partition coefficient (Wildman–Crippen LogP) is -0.150. The lowest BCUT2D eigenvalue weighted by molar-refractivity contribution is -0.149. The number of fused-ring (bicyclic) bond motifs is 1. The van der Waals surface area contributed by atoms with Crippen LogP contribution in [0.1, 0.15) is 11.1 Å². The van der Waals surface area contributed by atoms with Crippen molar-refractivity contribution < 1.29 is 9.59 Å². The Labute approximate surface area is 130 Å². The van der Waals surface area contributed by atoms with Gasteiger partial charge in [0.15, 0.2) is 0 Å². The van der Waals surface area contributed by atoms with Crippen LogP contribution >= 0.6 is 0 Å². The Morgan fingerprint density at radius 1 is 1.00 bits per heavy atom. The molecule has 1 fully saturated rings. The minimum absolute atomic E-state index is 0.437. The maximum absolute atomic E-state index is 12.3. The molecular weight excluding hydrogens is 280 g/mol. The van der Waals surface area contributed by atoms with Gasteiger partial charge < -0.3 is 9.80 Å². The average molecular weight is 302 g/mol. The minimum Gasteiger partial charge on any atom is -0.330 e. The third-order valence-corrected chi connectivity index (χ3v) is 4.38. The topological polar surface area (TPSA) is 55.9 Å². The summed E-state index contributed by atoms with van der Waals surface area (Å²) in [5.41, 5.74) is 5.14. The van der Waals surface area contributed by atoms with Crippen molar-refractivity contribution in [3.05, 3.63) is 35.4 Å². The fourth-order valence-electron chi connectivity index (χ4n) is 2.92. The quantitative estimate of drug-likeness (QED) is 0.733. The summed E-state index contributed by atoms with van der Waals surface area (Å²) in [6.45, 7) is 4.41. The second-order valence-corrected chi connectivity index (χ2v) is 5.98. The average Bonchev–Trinajstić information content (AvgIpc) is 2.55. The van der Waals surface area contributed by atoms with Crippen molar-refractivity contribution in [3.63, 3.8) is 0 Å². The van der Waals surface area contributed by atoms with Gasteiger partial charge in [-0.3, -0.25) is 15.0 Å². The lowest BCUT2D eigenvalue weighted by atomic mass is 10.00. The largest absolute Gasteiger partial charge is 0.330 e. The summed E-state index contributed by atoms with van der Waals surface area (Å²) in [6.07, 6.45) is 0.809. The van der Waals surface area contributed by atoms with Gasteiger partial charge in [-0.15, -0.1) is 0 Å². The molecule has 0 atom stereocenters. The summed E-state index contributed by atoms with van der Waals surface area (Å²) >= 11 is 0. The zero-order valence-corrected chi connectivity index (χ0v) is 12.9. The summed E-state index contributed by atoms with van der Waals surface area (Å²) in [4.78, 5) is 28.3. The summed E-state index contributed by atoms with van der Waals surface area (Å²) < 4.78 is 0. The van der Waals surface area contributed by atoms with Gasteiger partial charge in [0.05, 0.1) is 0 Å². The Morgan fingerprint density at radius 2 is 1.68 bits per heavy atom. The van der Waals surface area contributed by atoms with E-state index in [1.807, 2.05) is 23.2 Å². The first-order valence-electron chi connectivity index (χ1n) is 7.73. The fourth-order valence-corrected chi connectivity index (χ4v) is 2.92. The van der Waals surface area contributed by atoms with Crippen LogP contribution in [0.2, 0.25) is 0 Å². The van der Waals surface area contributed by atoms with E-state index in [2.05, 4.69) is 23.4 Å². The molecule has 0 unspecified atom stereocenters. The number of hydrogen-bond donors (Lipinski definition) is 1. The van der Waals surface area contributed by atoms with Crippen molar-refractivity contribution in [2.45, 2.75) is 13.0 Å². The number of hydrogen-bond acceptors (Lipinski definition) is 4. The Bertz CT molecular complexity index is 567. The van der Waals surface area contributed by atoms with E-state index in [0.717, 1.165) is 38.2 Å². The van der Waals surface area contributed by atoms with Gasteiger partial charge in [-0.2, -0.15) is 0 Å². The Hall–Kier alpha value is -1.92. The first kappa shape index (κ1) is 15.0. The molecule has 1 N–H and O–H groups in total. The lowest BCUT2D eigenvalue weighted by Gasteiger charge is -2.33. The first-order valence-corrected chi connectivity index (χ1v) is 7.73. The highest BCUT2D eigenvalue weighted by Crippen LogP contribution is 2.18. The van der Waals surface area contributed by atoms with Gasteiger partial charge in [0.25, 0.3) is 0 Å². The molecule has 2 aliphatic heterocycles. The molecule has 1 aromatic carbocycles. The Balaban J connectivity index is 1.56. The Kier molecular flexibility index (Phi) is 4.40. The van der Waals surface area contributed by atoms with Crippen LogP contribution in [0.25, 0.3) is 0 Å². The van der Waals surface area contributed by atoms with Crippen molar-refractivity contribution in [2.24, 2.45) is 0 Å². The number of piperazine rings is 1. The molecule has 1 aromatic rings. The highest BCUT2D eigenvalue weighted by Gasteiger charge is 2.27. The standard InChI is InChI=1S/C16H22N4O2/c1-18-8-10-20(11-9-18)17-15(21)16(22)19-7-6-13-4-2-3-5-14(13)12-19/h2-5H,6-12H2,1H3,(H,17,21). The smallest absolute Gasteiger partial charge is 0.323 e. The van der Waals surface area contributed by atoms with Crippen LogP contribution in [0.15, 0.2) is 24.3 Å². The predicted molar refractivity (Wildman–Crippen MR) is 82.8 cm³/mol. The molecule has 6 nitrogen and oxygen atoms in total. The molecule has 2 amide bonds. The van der Waals surface area contributed by atoms with Gasteiger partial charge in [0.2, 0.25) is 0 Å². The van der Waals surface area contributed by atoms with Crippen molar-refractivity contribution >= 4 is 11.8 Å². The highest BCUT2D eigenvalue weighted by molar-refractivity contribution is 6.34. The Morgan fingerprint density at radius 3 is 2.41 bits per heavy atom. The first-order chi connectivity index (χ1) is 10.6. The lowest BCUT2D eigenvalue weighted by Crippen LogP contribution is -2.56. The number of carbonyl (C=O) groups is 2. The molecule has 0 aromatic heterocycles. The van der Waals surface area contributed by atoms with E-state index in [-0.39, 0.29) is 0 Å². The number of carbonyl (C=O) groups excluding carboxylic acids is 2. The zero-order valence-electron chi connectivity index (χ0n) is 12.9. The van der Waals surface area contributed by atoms with E-state index < -0.39 is 11.8 Å². The maximum atomic E-state index is 12.3. The monoisotopic (exact) mass is 302 g/mol. The van der Waals surface area contributed by atoms with E-state index in [1.165, 1.54) is 5.56 Å². The van der Waals surface area contributed by atoms with Crippen LogP contribution < -0.4 is 5.43 Å². The highest BCUT2D eigenvalue weighted by atomic mass is 16.2. The summed E-state index contributed by atoms with van der Waals surface area (Å²) in [7, 11) is 2.05. The molecule has 0 aliphatic carbocycles. The molecule has 0 saturated carbocycles. The number of rotatable bonds is 1. The van der Waals surface area contributed by atoms with Gasteiger partial charge >= 0.3 is 11.8 Å². The van der Waals surface area contributed by atoms with Crippen molar-refractivity contribution in [1.82, 2.24) is 20.2 Å². The molecule has 1 saturated heterocycles. The minimum atomic E-state index is -0.524. The van der Waals surface area contributed by atoms with Crippen LogP contribution in [-0.4, -0.2) is 66.4 Å². The van der Waals surface area contributed by atoms with E-state index in [1.54, 1.807) is 4.90 Å². The molecule has 0 radical (unpaired) electrons. The summed E-state index contributed by atoms with van der Waals surface area (Å²) in [5, 5.41) is 1.83. The van der Waals surface area contributed by atoms with Crippen LogP contribution in [-0.2, 0) is 22.6 Å². The van der Waals surface area contributed by atoms with Gasteiger partial charge in [0.1, 0.15) is 0 Å². The molecule has 3 rings (SSSR count). The van der Waals surface area contributed by atoms with Crippen LogP contribution in [0.5, 0.6) is 0 Å². The van der Waals surface area contributed by atoms with Crippen molar-refractivity contribution in [1.29, 1.82) is 0 Å². The van der Waals surface area contributed by atoms with Gasteiger partial charge in [-0.25, -0.2) is 5.01 Å². The van der Waals surface area contributed by atoms with E-state index >= 15 is 0 Å². The number of hydrazine groups is 1. The number of nitrogens with one attached hydrogen (secondary N) is 1. The molecular formula is C16H22N4O2. The van der Waals surface area contributed by atoms with Crippen LogP contribution in [0, 0.1) is 0 Å². The SMILES string of the molecule is CN1CCN(NC(=O)C(=O)N2CCc3ccccc3C2)CC1. The van der Waals surface area contributed by atoms with Gasteiger partial charge in [-0.1, -0.05) is 24.3 Å². The molecule has 0 bridgehead atoms. The second-order valence-electron chi connectivity index (χ2n) is 5.98. The van der Waals surface area contributed by atoms with E-state index in [0.29, 0.717) is 13.1 Å². The third kappa shape index (κ3) is 3.28. The number of likely N-dealkylation sites (N-methyl/N-ethyl adjacent to an activating group) is 1. The van der Waals surface area contributed by atoms with Crippen molar-refractivity contribution in [2.75, 3.05) is 39.8 Å². The van der Waals surface area contributed by atoms with Crippen LogP contribution in [0.4, 0.5) is 0 Å². The maximum Gasteiger partial charge on any atom is 0.323 e. The third-order valence-electron chi connectivity index (χ3n) is 4.38. The number of benzene rings is 1. The van der Waals surface area contributed by atoms with Crippen molar-refractivity contribution in [3.8, 4) is 0 Å². The van der Waals surface area contributed by atoms with Gasteiger partial charge in [0, 0.05) is 39.3 Å². The normalized spacial score (nSPS) is 19.6. The summed E-state index contributed by atoms with van der Waals surface area (Å²) in [5.74, 6) is -0.961. The molecule has 2 heterocycles. The second kappa shape index (κ2) is 6.46. The molecule has 2 aliphatic rings. The van der Waals surface area contributed by atoms with Gasteiger partial charge in [-0.05, 0) is 24.6 Å². The molecule has 118 valence electrons. The van der Waals surface area contributed by atoms with E-state index in [4.69, 9.17) is 0 Å². The molecule has 6 heteroatoms. The molecule has 22 heavy (non-hydrogen) atoms. The molecule has 0 spiro atoms. The fraction of sp³-hybridized carbons (Fsp3) is 0.500.